The van der Waals surface area contributed by atoms with Gasteiger partial charge in [-0.2, -0.15) is 24.9 Å². The van der Waals surface area contributed by atoms with Gasteiger partial charge in [0.15, 0.2) is 0 Å². The second-order valence-corrected chi connectivity index (χ2v) is 12.1. The number of alkyl halides is 3. The number of hydrogen-bond acceptors (Lipinski definition) is 7. The van der Waals surface area contributed by atoms with E-state index in [-0.39, 0.29) is 43.3 Å². The van der Waals surface area contributed by atoms with Crippen molar-refractivity contribution in [3.8, 4) is 0 Å². The summed E-state index contributed by atoms with van der Waals surface area (Å²) in [6.07, 6.45) is -0.449. The maximum Gasteiger partial charge on any atom is 0.433 e. The van der Waals surface area contributed by atoms with Gasteiger partial charge in [-0.1, -0.05) is 58.4 Å². The third-order valence-electron chi connectivity index (χ3n) is 6.85. The molecule has 0 radical (unpaired) electrons. The number of amides is 2. The molecule has 0 aliphatic carbocycles. The van der Waals surface area contributed by atoms with Crippen molar-refractivity contribution in [1.29, 1.82) is 0 Å². The van der Waals surface area contributed by atoms with Gasteiger partial charge in [0.25, 0.3) is 5.91 Å². The summed E-state index contributed by atoms with van der Waals surface area (Å²) < 4.78 is 40.1. The van der Waals surface area contributed by atoms with Crippen molar-refractivity contribution in [3.63, 3.8) is 0 Å². The molecule has 4 rings (SSSR count). The standard InChI is InChI=1S/C31H29BrF3N5O4S/c32-24-8-6-20(7-9-24)16-25(28(42)37-17-23(29(43)44)19-45-18-21-4-2-1-3-5-21)38-27(41)22-11-14-40(15-12-22)30-36-13-10-26(39-30)31(33,34)35/h1-10,13,16-17,22-23H,11-12,14-15,18-19H2,(H,38,41)(H,43,44)/b25-16+,37-17?. The van der Waals surface area contributed by atoms with Crippen LogP contribution in [0.15, 0.2) is 82.0 Å². The summed E-state index contributed by atoms with van der Waals surface area (Å²) in [6, 6.07) is 17.3. The number of halogens is 4. The number of nitrogens with zero attached hydrogens (tertiary/aromatic N) is 4. The van der Waals surface area contributed by atoms with E-state index in [2.05, 4.69) is 36.2 Å². The normalized spacial score (nSPS) is 15.2. The molecule has 1 atom stereocenters. The zero-order valence-corrected chi connectivity index (χ0v) is 26.2. The fourth-order valence-electron chi connectivity index (χ4n) is 4.40. The van der Waals surface area contributed by atoms with Crippen LogP contribution in [0, 0.1) is 11.8 Å². The number of carboxylic acids is 1. The van der Waals surface area contributed by atoms with E-state index in [1.165, 1.54) is 17.8 Å². The number of aliphatic carboxylic acids is 1. The van der Waals surface area contributed by atoms with Crippen LogP contribution in [-0.2, 0) is 26.3 Å². The van der Waals surface area contributed by atoms with Gasteiger partial charge >= 0.3 is 12.1 Å². The number of piperidine rings is 1. The second kappa shape index (κ2) is 15.8. The number of anilines is 1. The molecule has 2 aromatic carbocycles. The Morgan fingerprint density at radius 3 is 2.42 bits per heavy atom. The van der Waals surface area contributed by atoms with E-state index in [4.69, 9.17) is 0 Å². The number of carbonyl (C=O) groups excluding carboxylic acids is 2. The van der Waals surface area contributed by atoms with Gasteiger partial charge in [0, 0.05) is 47.4 Å². The van der Waals surface area contributed by atoms with Crippen LogP contribution in [0.2, 0.25) is 0 Å². The van der Waals surface area contributed by atoms with Crippen molar-refractivity contribution in [3.05, 3.63) is 93.9 Å². The molecule has 2 heterocycles. The molecule has 3 aromatic rings. The third kappa shape index (κ3) is 10.2. The minimum atomic E-state index is -4.60. The minimum Gasteiger partial charge on any atom is -0.481 e. The first-order valence-electron chi connectivity index (χ1n) is 13.9. The Hall–Kier alpha value is -4.04. The fourth-order valence-corrected chi connectivity index (χ4v) is 5.69. The van der Waals surface area contributed by atoms with Gasteiger partial charge in [-0.25, -0.2) is 15.0 Å². The quantitative estimate of drug-likeness (QED) is 0.188. The number of nitrogens with one attached hydrogen (secondary N) is 1. The largest absolute Gasteiger partial charge is 0.481 e. The SMILES string of the molecule is O=C(N=CC(CSCc1ccccc1)C(=O)O)/C(=C\c1ccc(Br)cc1)NC(=O)C1CCN(c2nccc(C(F)(F)F)n2)CC1. The molecule has 0 spiro atoms. The average molecular weight is 705 g/mol. The zero-order chi connectivity index (χ0) is 32.4. The first kappa shape index (κ1) is 33.8. The minimum absolute atomic E-state index is 0.0704. The zero-order valence-electron chi connectivity index (χ0n) is 23.8. The van der Waals surface area contributed by atoms with E-state index < -0.39 is 41.5 Å². The van der Waals surface area contributed by atoms with Crippen LogP contribution in [0.5, 0.6) is 0 Å². The lowest BCUT2D eigenvalue weighted by Crippen LogP contribution is -2.41. The molecule has 1 aliphatic heterocycles. The Bertz CT molecular complexity index is 1550. The summed E-state index contributed by atoms with van der Waals surface area (Å²) in [4.78, 5) is 51.3. The molecule has 14 heteroatoms. The van der Waals surface area contributed by atoms with Crippen molar-refractivity contribution in [2.24, 2.45) is 16.8 Å². The van der Waals surface area contributed by atoms with Gasteiger partial charge in [-0.05, 0) is 48.2 Å². The Kier molecular flexibility index (Phi) is 11.9. The van der Waals surface area contributed by atoms with Crippen molar-refractivity contribution in [2.75, 3.05) is 23.7 Å². The monoisotopic (exact) mass is 703 g/mol. The molecule has 0 saturated carbocycles. The highest BCUT2D eigenvalue weighted by atomic mass is 79.9. The molecule has 1 fully saturated rings. The van der Waals surface area contributed by atoms with Crippen LogP contribution >= 0.6 is 27.7 Å². The first-order valence-corrected chi connectivity index (χ1v) is 15.8. The van der Waals surface area contributed by atoms with Gasteiger partial charge < -0.3 is 15.3 Å². The summed E-state index contributed by atoms with van der Waals surface area (Å²) in [7, 11) is 0. The highest BCUT2D eigenvalue weighted by Crippen LogP contribution is 2.29. The molecule has 2 N–H and O–H groups in total. The maximum atomic E-state index is 13.2. The molecular weight excluding hydrogens is 675 g/mol. The Balaban J connectivity index is 1.42. The van der Waals surface area contributed by atoms with Gasteiger partial charge in [-0.3, -0.25) is 14.4 Å². The molecule has 1 aliphatic rings. The van der Waals surface area contributed by atoms with Crippen LogP contribution in [0.1, 0.15) is 29.7 Å². The summed E-state index contributed by atoms with van der Waals surface area (Å²) in [5.74, 6) is -3.28. The van der Waals surface area contributed by atoms with Crippen LogP contribution in [0.4, 0.5) is 19.1 Å². The molecule has 1 unspecified atom stereocenters. The number of rotatable bonds is 11. The summed E-state index contributed by atoms with van der Waals surface area (Å²) in [6.45, 7) is 0.469. The highest BCUT2D eigenvalue weighted by Gasteiger charge is 2.34. The molecule has 1 saturated heterocycles. The van der Waals surface area contributed by atoms with E-state index >= 15 is 0 Å². The summed E-state index contributed by atoms with van der Waals surface area (Å²) in [5.41, 5.74) is 0.453. The lowest BCUT2D eigenvalue weighted by atomic mass is 9.96. The highest BCUT2D eigenvalue weighted by molar-refractivity contribution is 9.10. The molecular formula is C31H29BrF3N5O4S. The van der Waals surface area contributed by atoms with Gasteiger partial charge in [0.05, 0.1) is 0 Å². The van der Waals surface area contributed by atoms with Crippen LogP contribution in [0.25, 0.3) is 6.08 Å². The predicted molar refractivity (Wildman–Crippen MR) is 169 cm³/mol. The van der Waals surface area contributed by atoms with Crippen LogP contribution < -0.4 is 10.2 Å². The molecule has 236 valence electrons. The van der Waals surface area contributed by atoms with E-state index in [0.717, 1.165) is 28.5 Å². The molecule has 1 aromatic heterocycles. The first-order chi connectivity index (χ1) is 21.5. The molecule has 9 nitrogen and oxygen atoms in total. The van der Waals surface area contributed by atoms with Crippen molar-refractivity contribution in [1.82, 2.24) is 15.3 Å². The Morgan fingerprint density at radius 2 is 1.78 bits per heavy atom. The van der Waals surface area contributed by atoms with E-state index in [0.29, 0.717) is 11.3 Å². The lowest BCUT2D eigenvalue weighted by molar-refractivity contribution is -0.141. The molecule has 0 bridgehead atoms. The number of aromatic nitrogens is 2. The molecule has 45 heavy (non-hydrogen) atoms. The maximum absolute atomic E-state index is 13.2. The topological polar surface area (TPSA) is 125 Å². The number of aliphatic imine (C=N–C) groups is 1. The predicted octanol–water partition coefficient (Wildman–Crippen LogP) is 5.86. The van der Waals surface area contributed by atoms with Gasteiger partial charge in [0.1, 0.15) is 17.3 Å². The van der Waals surface area contributed by atoms with Gasteiger partial charge in [-0.15, -0.1) is 0 Å². The van der Waals surface area contributed by atoms with Gasteiger partial charge in [0.2, 0.25) is 11.9 Å². The fraction of sp³-hybridized carbons (Fsp3) is 0.290. The number of thioether (sulfide) groups is 1. The van der Waals surface area contributed by atoms with Crippen LogP contribution in [0.3, 0.4) is 0 Å². The second-order valence-electron chi connectivity index (χ2n) is 10.1. The summed E-state index contributed by atoms with van der Waals surface area (Å²) >= 11 is 4.75. The third-order valence-corrected chi connectivity index (χ3v) is 8.51. The Morgan fingerprint density at radius 1 is 1.09 bits per heavy atom. The number of benzene rings is 2. The Labute approximate surface area is 270 Å². The van der Waals surface area contributed by atoms with Crippen molar-refractivity contribution < 1.29 is 32.7 Å². The number of carboxylic acid groups (broad SMARTS) is 1. The van der Waals surface area contributed by atoms with E-state index in [1.54, 1.807) is 29.2 Å². The van der Waals surface area contributed by atoms with E-state index in [9.17, 15) is 32.7 Å². The van der Waals surface area contributed by atoms with Crippen molar-refractivity contribution >= 4 is 63.7 Å². The lowest BCUT2D eigenvalue weighted by Gasteiger charge is -2.31. The smallest absolute Gasteiger partial charge is 0.433 e. The number of carbonyl (C=O) groups is 3. The van der Waals surface area contributed by atoms with Crippen molar-refractivity contribution in [2.45, 2.75) is 24.8 Å². The molecule has 2 amide bonds. The van der Waals surface area contributed by atoms with E-state index in [1.807, 2.05) is 30.3 Å². The van der Waals surface area contributed by atoms with Crippen LogP contribution in [-0.4, -0.2) is 57.9 Å². The number of hydrogen-bond donors (Lipinski definition) is 2. The average Bonchev–Trinajstić information content (AvgIpc) is 3.03. The summed E-state index contributed by atoms with van der Waals surface area (Å²) in [5, 5.41) is 12.3.